The van der Waals surface area contributed by atoms with Gasteiger partial charge in [-0.1, -0.05) is 37.1 Å². The van der Waals surface area contributed by atoms with Gasteiger partial charge in [-0.3, -0.25) is 4.79 Å². The summed E-state index contributed by atoms with van der Waals surface area (Å²) < 4.78 is 5.06. The largest absolute Gasteiger partial charge is 0.465 e. The van der Waals surface area contributed by atoms with Crippen LogP contribution in [0.25, 0.3) is 0 Å². The molecule has 0 fully saturated rings. The second kappa shape index (κ2) is 8.43. The van der Waals surface area contributed by atoms with E-state index in [0.717, 1.165) is 29.2 Å². The van der Waals surface area contributed by atoms with Crippen molar-refractivity contribution in [3.05, 3.63) is 34.9 Å². The molecule has 4 heteroatoms. The van der Waals surface area contributed by atoms with Crippen LogP contribution in [0.3, 0.4) is 0 Å². The quantitative estimate of drug-likeness (QED) is 0.556. The first-order valence-electron chi connectivity index (χ1n) is 5.70. The molecule has 0 bridgehead atoms. The molecule has 0 saturated heterocycles. The van der Waals surface area contributed by atoms with Gasteiger partial charge < -0.3 is 4.74 Å². The van der Waals surface area contributed by atoms with Crippen molar-refractivity contribution < 1.29 is 9.53 Å². The number of esters is 1. The normalized spacial score (nSPS) is 10.2. The lowest BCUT2D eigenvalue weighted by Gasteiger charge is -2.04. The van der Waals surface area contributed by atoms with Crippen LogP contribution >= 0.6 is 23.4 Å². The van der Waals surface area contributed by atoms with Crippen LogP contribution in [0, 0.1) is 0 Å². The highest BCUT2D eigenvalue weighted by Crippen LogP contribution is 2.16. The smallest absolute Gasteiger partial charge is 0.315 e. The summed E-state index contributed by atoms with van der Waals surface area (Å²) in [5.74, 6) is 1.05. The first-order valence-corrected chi connectivity index (χ1v) is 7.23. The topological polar surface area (TPSA) is 26.3 Å². The fourth-order valence-electron chi connectivity index (χ4n) is 1.25. The molecule has 0 unspecified atom stereocenters. The summed E-state index contributed by atoms with van der Waals surface area (Å²) in [5, 5.41) is 0.730. The van der Waals surface area contributed by atoms with Gasteiger partial charge in [0, 0.05) is 10.8 Å². The van der Waals surface area contributed by atoms with E-state index < -0.39 is 0 Å². The third-order valence-electron chi connectivity index (χ3n) is 2.14. The molecule has 0 amide bonds. The van der Waals surface area contributed by atoms with Crippen molar-refractivity contribution in [1.29, 1.82) is 0 Å². The molecule has 0 aromatic heterocycles. The van der Waals surface area contributed by atoms with Gasteiger partial charge in [-0.2, -0.15) is 0 Å². The fraction of sp³-hybridized carbons (Fsp3) is 0.462. The Labute approximate surface area is 112 Å². The molecular weight excluding hydrogens is 256 g/mol. The van der Waals surface area contributed by atoms with Crippen LogP contribution in [0.15, 0.2) is 24.3 Å². The minimum absolute atomic E-state index is 0.134. The number of carbonyl (C=O) groups is 1. The summed E-state index contributed by atoms with van der Waals surface area (Å²) in [6.07, 6.45) is 1.98. The third-order valence-corrected chi connectivity index (χ3v) is 3.35. The number of ether oxygens (including phenoxy) is 1. The molecule has 0 aliphatic rings. The van der Waals surface area contributed by atoms with E-state index in [9.17, 15) is 4.79 Å². The van der Waals surface area contributed by atoms with E-state index in [-0.39, 0.29) is 5.97 Å². The number of halogens is 1. The van der Waals surface area contributed by atoms with Crippen LogP contribution in [0.4, 0.5) is 0 Å². The van der Waals surface area contributed by atoms with Gasteiger partial charge in [0.2, 0.25) is 0 Å². The van der Waals surface area contributed by atoms with Crippen molar-refractivity contribution in [2.24, 2.45) is 0 Å². The molecule has 0 atom stereocenters. The molecule has 0 N–H and O–H groups in total. The van der Waals surface area contributed by atoms with Crippen LogP contribution in [-0.4, -0.2) is 18.3 Å². The molecule has 1 aromatic rings. The van der Waals surface area contributed by atoms with Crippen molar-refractivity contribution in [2.75, 3.05) is 12.4 Å². The van der Waals surface area contributed by atoms with Crippen molar-refractivity contribution in [3.8, 4) is 0 Å². The molecule has 0 spiro atoms. The lowest BCUT2D eigenvalue weighted by atomic mass is 10.2. The number of hydrogen-bond donors (Lipinski definition) is 0. The van der Waals surface area contributed by atoms with Crippen LogP contribution < -0.4 is 0 Å². The van der Waals surface area contributed by atoms with E-state index in [0.29, 0.717) is 12.4 Å². The highest BCUT2D eigenvalue weighted by Gasteiger charge is 2.03. The van der Waals surface area contributed by atoms with Gasteiger partial charge in [-0.15, -0.1) is 11.8 Å². The minimum atomic E-state index is -0.134. The standard InChI is InChI=1S/C13H17ClO2S/c1-2-3-7-16-13(15)10-17-9-11-5-4-6-12(14)8-11/h4-6,8H,2-3,7,9-10H2,1H3. The van der Waals surface area contributed by atoms with Gasteiger partial charge >= 0.3 is 5.97 Å². The molecule has 94 valence electrons. The summed E-state index contributed by atoms with van der Waals surface area (Å²) in [5.41, 5.74) is 1.13. The SMILES string of the molecule is CCCCOC(=O)CSCc1cccc(Cl)c1. The maximum Gasteiger partial charge on any atom is 0.315 e. The molecule has 0 aliphatic carbocycles. The number of unbranched alkanes of at least 4 members (excludes halogenated alkanes) is 1. The summed E-state index contributed by atoms with van der Waals surface area (Å²) >= 11 is 7.42. The Kier molecular flexibility index (Phi) is 7.13. The van der Waals surface area contributed by atoms with E-state index in [2.05, 4.69) is 6.92 Å². The molecule has 1 rings (SSSR count). The molecule has 0 heterocycles. The van der Waals surface area contributed by atoms with E-state index in [1.165, 1.54) is 0 Å². The minimum Gasteiger partial charge on any atom is -0.465 e. The third kappa shape index (κ3) is 6.59. The Bertz CT molecular complexity index is 355. The first kappa shape index (κ1) is 14.4. The van der Waals surface area contributed by atoms with Crippen LogP contribution in [-0.2, 0) is 15.3 Å². The number of carbonyl (C=O) groups excluding carboxylic acids is 1. The van der Waals surface area contributed by atoms with Crippen LogP contribution in [0.2, 0.25) is 5.02 Å². The van der Waals surface area contributed by atoms with E-state index >= 15 is 0 Å². The van der Waals surface area contributed by atoms with Gasteiger partial charge in [-0.05, 0) is 24.1 Å². The molecule has 1 aromatic carbocycles. The predicted octanol–water partition coefficient (Wildman–Crippen LogP) is 3.92. The van der Waals surface area contributed by atoms with Crippen molar-refractivity contribution in [2.45, 2.75) is 25.5 Å². The highest BCUT2D eigenvalue weighted by molar-refractivity contribution is 7.99. The molecular formula is C13H17ClO2S. The Morgan fingerprint density at radius 1 is 1.47 bits per heavy atom. The van der Waals surface area contributed by atoms with Gasteiger partial charge in [0.05, 0.1) is 12.4 Å². The maximum absolute atomic E-state index is 11.3. The van der Waals surface area contributed by atoms with Crippen molar-refractivity contribution in [3.63, 3.8) is 0 Å². The Balaban J connectivity index is 2.17. The number of benzene rings is 1. The van der Waals surface area contributed by atoms with Gasteiger partial charge in [0.25, 0.3) is 0 Å². The van der Waals surface area contributed by atoms with Crippen LogP contribution in [0.5, 0.6) is 0 Å². The lowest BCUT2D eigenvalue weighted by molar-refractivity contribution is -0.140. The average molecular weight is 273 g/mol. The summed E-state index contributed by atoms with van der Waals surface area (Å²) in [6.45, 7) is 2.61. The second-order valence-corrected chi connectivity index (χ2v) is 5.12. The Hall–Kier alpha value is -0.670. The van der Waals surface area contributed by atoms with Gasteiger partial charge in [0.1, 0.15) is 0 Å². The first-order chi connectivity index (χ1) is 8.22. The maximum atomic E-state index is 11.3. The highest BCUT2D eigenvalue weighted by atomic mass is 35.5. The molecule has 17 heavy (non-hydrogen) atoms. The molecule has 0 radical (unpaired) electrons. The van der Waals surface area contributed by atoms with E-state index in [1.54, 1.807) is 11.8 Å². The predicted molar refractivity (Wildman–Crippen MR) is 73.5 cm³/mol. The Morgan fingerprint density at radius 2 is 2.29 bits per heavy atom. The monoisotopic (exact) mass is 272 g/mol. The summed E-state index contributed by atoms with van der Waals surface area (Å²) in [7, 11) is 0. The molecule has 0 saturated carbocycles. The molecule has 2 nitrogen and oxygen atoms in total. The zero-order chi connectivity index (χ0) is 12.5. The van der Waals surface area contributed by atoms with Crippen molar-refractivity contribution >= 4 is 29.3 Å². The number of thioether (sulfide) groups is 1. The van der Waals surface area contributed by atoms with Crippen molar-refractivity contribution in [1.82, 2.24) is 0 Å². The average Bonchev–Trinajstić information content (AvgIpc) is 2.29. The Morgan fingerprint density at radius 3 is 3.00 bits per heavy atom. The zero-order valence-electron chi connectivity index (χ0n) is 9.95. The fourth-order valence-corrected chi connectivity index (χ4v) is 2.23. The second-order valence-electron chi connectivity index (χ2n) is 3.70. The molecule has 0 aliphatic heterocycles. The summed E-state index contributed by atoms with van der Waals surface area (Å²) in [4.78, 5) is 11.3. The van der Waals surface area contributed by atoms with Gasteiger partial charge in [-0.25, -0.2) is 0 Å². The number of rotatable bonds is 7. The summed E-state index contributed by atoms with van der Waals surface area (Å²) in [6, 6.07) is 7.67. The van der Waals surface area contributed by atoms with E-state index in [4.69, 9.17) is 16.3 Å². The zero-order valence-corrected chi connectivity index (χ0v) is 11.5. The van der Waals surface area contributed by atoms with Crippen LogP contribution in [0.1, 0.15) is 25.3 Å². The lowest BCUT2D eigenvalue weighted by Crippen LogP contribution is -2.08. The van der Waals surface area contributed by atoms with Gasteiger partial charge in [0.15, 0.2) is 0 Å². The number of hydrogen-bond acceptors (Lipinski definition) is 3. The van der Waals surface area contributed by atoms with E-state index in [1.807, 2.05) is 24.3 Å².